The minimum Gasteiger partial charge on any atom is -0.309 e. The monoisotopic (exact) mass is 409 g/mol. The maximum atomic E-state index is 12.8. The normalized spacial score (nSPS) is 12.6. The molecule has 0 unspecified atom stereocenters. The molecule has 0 bridgehead atoms. The standard InChI is InChI=1S/C22H20ClN3OS/c1-14(15-6-4-3-5-7-15)26(2)12-19-24-21(27)20-18(13-28-22(20)25-19)16-8-10-17(23)11-9-16/h3-11,13-14H,12H2,1-2H3,(H,24,25,27)/t14-/m1/s1. The predicted octanol–water partition coefficient (Wildman–Crippen LogP) is 5.50. The van der Waals surface area contributed by atoms with E-state index in [1.165, 1.54) is 16.9 Å². The first-order chi connectivity index (χ1) is 13.5. The molecule has 28 heavy (non-hydrogen) atoms. The number of thiophene rings is 1. The first-order valence-electron chi connectivity index (χ1n) is 9.04. The number of hydrogen-bond donors (Lipinski definition) is 1. The molecule has 0 aliphatic carbocycles. The van der Waals surface area contributed by atoms with Crippen LogP contribution in [0.5, 0.6) is 0 Å². The molecule has 2 aromatic carbocycles. The number of nitrogens with one attached hydrogen (secondary N) is 1. The molecule has 1 atom stereocenters. The zero-order valence-electron chi connectivity index (χ0n) is 15.6. The van der Waals surface area contributed by atoms with Crippen molar-refractivity contribution in [1.82, 2.24) is 14.9 Å². The van der Waals surface area contributed by atoms with Crippen LogP contribution >= 0.6 is 22.9 Å². The van der Waals surface area contributed by atoms with E-state index in [4.69, 9.17) is 16.6 Å². The van der Waals surface area contributed by atoms with Crippen LogP contribution in [0.15, 0.2) is 64.8 Å². The van der Waals surface area contributed by atoms with Crippen LogP contribution in [0, 0.1) is 0 Å². The smallest absolute Gasteiger partial charge is 0.260 e. The molecule has 0 saturated carbocycles. The predicted molar refractivity (Wildman–Crippen MR) is 117 cm³/mol. The summed E-state index contributed by atoms with van der Waals surface area (Å²) in [5.41, 5.74) is 2.98. The van der Waals surface area contributed by atoms with Crippen LogP contribution in [0.2, 0.25) is 5.02 Å². The maximum absolute atomic E-state index is 12.8. The van der Waals surface area contributed by atoms with Crippen LogP contribution < -0.4 is 5.56 Å². The van der Waals surface area contributed by atoms with E-state index in [-0.39, 0.29) is 11.6 Å². The molecule has 0 saturated heterocycles. The highest BCUT2D eigenvalue weighted by molar-refractivity contribution is 7.17. The molecule has 1 N–H and O–H groups in total. The third-order valence-electron chi connectivity index (χ3n) is 4.99. The van der Waals surface area contributed by atoms with Crippen LogP contribution in [0.1, 0.15) is 24.4 Å². The summed E-state index contributed by atoms with van der Waals surface area (Å²) in [5.74, 6) is 0.673. The number of fused-ring (bicyclic) bond motifs is 1. The Morgan fingerprint density at radius 3 is 2.57 bits per heavy atom. The van der Waals surface area contributed by atoms with E-state index in [1.807, 2.05) is 54.9 Å². The van der Waals surface area contributed by atoms with Gasteiger partial charge in [-0.1, -0.05) is 54.1 Å². The van der Waals surface area contributed by atoms with E-state index in [9.17, 15) is 4.79 Å². The summed E-state index contributed by atoms with van der Waals surface area (Å²) in [7, 11) is 2.04. The van der Waals surface area contributed by atoms with Gasteiger partial charge >= 0.3 is 0 Å². The number of rotatable bonds is 5. The summed E-state index contributed by atoms with van der Waals surface area (Å²) in [4.78, 5) is 23.4. The van der Waals surface area contributed by atoms with Crippen molar-refractivity contribution in [3.63, 3.8) is 0 Å². The summed E-state index contributed by atoms with van der Waals surface area (Å²) < 4.78 is 0. The van der Waals surface area contributed by atoms with Gasteiger partial charge in [0.15, 0.2) is 0 Å². The fraction of sp³-hybridized carbons (Fsp3) is 0.182. The lowest BCUT2D eigenvalue weighted by Gasteiger charge is -2.24. The highest BCUT2D eigenvalue weighted by atomic mass is 35.5. The Morgan fingerprint density at radius 1 is 1.14 bits per heavy atom. The van der Waals surface area contributed by atoms with Crippen LogP contribution in [-0.2, 0) is 6.54 Å². The molecule has 0 radical (unpaired) electrons. The number of hydrogen-bond acceptors (Lipinski definition) is 4. The molecular formula is C22H20ClN3OS. The van der Waals surface area contributed by atoms with Crippen molar-refractivity contribution in [3.8, 4) is 11.1 Å². The van der Waals surface area contributed by atoms with Crippen molar-refractivity contribution in [2.75, 3.05) is 7.05 Å². The average Bonchev–Trinajstić information content (AvgIpc) is 3.13. The third kappa shape index (κ3) is 3.74. The third-order valence-corrected chi connectivity index (χ3v) is 6.11. The second kappa shape index (κ2) is 7.87. The first kappa shape index (κ1) is 18.9. The summed E-state index contributed by atoms with van der Waals surface area (Å²) in [5, 5.41) is 3.29. The number of halogens is 1. The van der Waals surface area contributed by atoms with Gasteiger partial charge in [-0.25, -0.2) is 4.98 Å². The van der Waals surface area contributed by atoms with E-state index in [1.54, 1.807) is 0 Å². The van der Waals surface area contributed by atoms with Gasteiger partial charge in [0.1, 0.15) is 10.7 Å². The van der Waals surface area contributed by atoms with Gasteiger partial charge < -0.3 is 4.98 Å². The fourth-order valence-electron chi connectivity index (χ4n) is 3.27. The molecule has 6 heteroatoms. The van der Waals surface area contributed by atoms with Gasteiger partial charge in [-0.2, -0.15) is 0 Å². The highest BCUT2D eigenvalue weighted by Crippen LogP contribution is 2.31. The van der Waals surface area contributed by atoms with Gasteiger partial charge in [0, 0.05) is 22.0 Å². The van der Waals surface area contributed by atoms with Crippen LogP contribution in [0.25, 0.3) is 21.3 Å². The largest absolute Gasteiger partial charge is 0.309 e. The molecule has 0 aliphatic rings. The number of aromatic amines is 1. The van der Waals surface area contributed by atoms with E-state index >= 15 is 0 Å². The SMILES string of the molecule is C[C@H](c1ccccc1)N(C)Cc1nc2scc(-c3ccc(Cl)cc3)c2c(=O)[nH]1. The Balaban J connectivity index is 1.63. The van der Waals surface area contributed by atoms with E-state index in [2.05, 4.69) is 28.9 Å². The minimum atomic E-state index is -0.105. The molecule has 2 heterocycles. The van der Waals surface area contributed by atoms with Gasteiger partial charge in [0.05, 0.1) is 11.9 Å². The molecule has 0 spiro atoms. The Hall–Kier alpha value is -2.47. The molecule has 4 rings (SSSR count). The number of aromatic nitrogens is 2. The Labute approximate surface area is 172 Å². The minimum absolute atomic E-state index is 0.105. The molecule has 142 valence electrons. The van der Waals surface area contributed by atoms with Crippen molar-refractivity contribution >= 4 is 33.2 Å². The van der Waals surface area contributed by atoms with E-state index in [0.29, 0.717) is 22.8 Å². The quantitative estimate of drug-likeness (QED) is 0.473. The van der Waals surface area contributed by atoms with Gasteiger partial charge in [0.25, 0.3) is 5.56 Å². The number of benzene rings is 2. The molecule has 0 aliphatic heterocycles. The highest BCUT2D eigenvalue weighted by Gasteiger charge is 2.16. The molecule has 2 aromatic heterocycles. The molecule has 0 amide bonds. The lowest BCUT2D eigenvalue weighted by atomic mass is 10.1. The van der Waals surface area contributed by atoms with Gasteiger partial charge in [-0.05, 0) is 37.2 Å². The molecule has 4 aromatic rings. The zero-order valence-corrected chi connectivity index (χ0v) is 17.2. The van der Waals surface area contributed by atoms with Crippen molar-refractivity contribution < 1.29 is 0 Å². The second-order valence-corrected chi connectivity index (χ2v) is 8.15. The van der Waals surface area contributed by atoms with Crippen molar-refractivity contribution in [1.29, 1.82) is 0 Å². The summed E-state index contributed by atoms with van der Waals surface area (Å²) >= 11 is 7.47. The van der Waals surface area contributed by atoms with E-state index < -0.39 is 0 Å². The van der Waals surface area contributed by atoms with E-state index in [0.717, 1.165) is 16.0 Å². The molecular weight excluding hydrogens is 390 g/mol. The lowest BCUT2D eigenvalue weighted by molar-refractivity contribution is 0.247. The van der Waals surface area contributed by atoms with Crippen molar-refractivity contribution in [3.05, 3.63) is 86.7 Å². The Bertz CT molecular complexity index is 1150. The Morgan fingerprint density at radius 2 is 1.86 bits per heavy atom. The second-order valence-electron chi connectivity index (χ2n) is 6.85. The summed E-state index contributed by atoms with van der Waals surface area (Å²) in [6.45, 7) is 2.71. The zero-order chi connectivity index (χ0) is 19.7. The Kier molecular flexibility index (Phi) is 5.31. The van der Waals surface area contributed by atoms with Crippen molar-refractivity contribution in [2.24, 2.45) is 0 Å². The fourth-order valence-corrected chi connectivity index (χ4v) is 4.36. The average molecular weight is 410 g/mol. The van der Waals surface area contributed by atoms with Crippen molar-refractivity contribution in [2.45, 2.75) is 19.5 Å². The maximum Gasteiger partial charge on any atom is 0.260 e. The van der Waals surface area contributed by atoms with Crippen LogP contribution in [0.4, 0.5) is 0 Å². The van der Waals surface area contributed by atoms with Crippen LogP contribution in [-0.4, -0.2) is 21.9 Å². The number of H-pyrrole nitrogens is 1. The summed E-state index contributed by atoms with van der Waals surface area (Å²) in [6, 6.07) is 18.0. The molecule has 4 nitrogen and oxygen atoms in total. The summed E-state index contributed by atoms with van der Waals surface area (Å²) in [6.07, 6.45) is 0. The van der Waals surface area contributed by atoms with Crippen LogP contribution in [0.3, 0.4) is 0 Å². The van der Waals surface area contributed by atoms with Gasteiger partial charge in [-0.15, -0.1) is 11.3 Å². The topological polar surface area (TPSA) is 49.0 Å². The molecule has 0 fully saturated rings. The first-order valence-corrected chi connectivity index (χ1v) is 10.3. The van der Waals surface area contributed by atoms with Gasteiger partial charge in [0.2, 0.25) is 0 Å². The lowest BCUT2D eigenvalue weighted by Crippen LogP contribution is -2.24. The number of nitrogens with zero attached hydrogens (tertiary/aromatic N) is 2. The van der Waals surface area contributed by atoms with Gasteiger partial charge in [-0.3, -0.25) is 9.69 Å².